The molecular formula is C16H21ClN4O3. The fourth-order valence-electron chi connectivity index (χ4n) is 2.98. The van der Waals surface area contributed by atoms with E-state index in [-0.39, 0.29) is 36.9 Å². The normalized spacial score (nSPS) is 20.4. The average Bonchev–Trinajstić information content (AvgIpc) is 2.54. The molecule has 1 fully saturated rings. The van der Waals surface area contributed by atoms with Gasteiger partial charge in [-0.15, -0.1) is 12.4 Å². The number of hydrogen-bond donors (Lipinski definition) is 3. The van der Waals surface area contributed by atoms with Crippen LogP contribution in [0.15, 0.2) is 33.9 Å². The molecule has 2 atom stereocenters. The van der Waals surface area contributed by atoms with Crippen LogP contribution in [0.3, 0.4) is 0 Å². The summed E-state index contributed by atoms with van der Waals surface area (Å²) < 4.78 is 0.943. The maximum Gasteiger partial charge on any atom is 0.329 e. The van der Waals surface area contributed by atoms with Gasteiger partial charge in [0.15, 0.2) is 0 Å². The number of rotatable bonds is 3. The second-order valence-corrected chi connectivity index (χ2v) is 5.93. The van der Waals surface area contributed by atoms with E-state index >= 15 is 0 Å². The third kappa shape index (κ3) is 3.68. The van der Waals surface area contributed by atoms with E-state index in [1.807, 2.05) is 6.92 Å². The number of nitrogens with one attached hydrogen (secondary N) is 3. The van der Waals surface area contributed by atoms with Gasteiger partial charge >= 0.3 is 5.69 Å². The number of piperidine rings is 1. The highest BCUT2D eigenvalue weighted by Gasteiger charge is 2.22. The SMILES string of the molecule is CC1NCCCC1NC(=O)Cn1c(=O)[nH]c2ccccc2c1=O.Cl. The zero-order chi connectivity index (χ0) is 16.4. The summed E-state index contributed by atoms with van der Waals surface area (Å²) in [5, 5.41) is 6.60. The van der Waals surface area contributed by atoms with Crippen LogP contribution in [0.5, 0.6) is 0 Å². The van der Waals surface area contributed by atoms with Crippen LogP contribution in [-0.2, 0) is 11.3 Å². The molecule has 3 rings (SSSR count). The van der Waals surface area contributed by atoms with Crippen molar-refractivity contribution in [1.82, 2.24) is 20.2 Å². The molecule has 0 bridgehead atoms. The number of amides is 1. The van der Waals surface area contributed by atoms with Crippen LogP contribution in [0.2, 0.25) is 0 Å². The Labute approximate surface area is 144 Å². The van der Waals surface area contributed by atoms with Crippen molar-refractivity contribution in [2.24, 2.45) is 0 Å². The van der Waals surface area contributed by atoms with E-state index in [1.165, 1.54) is 0 Å². The fraction of sp³-hybridized carbons (Fsp3) is 0.438. The molecule has 2 aromatic rings. The molecule has 7 nitrogen and oxygen atoms in total. The molecule has 2 heterocycles. The lowest BCUT2D eigenvalue weighted by Gasteiger charge is -2.30. The zero-order valence-electron chi connectivity index (χ0n) is 13.4. The van der Waals surface area contributed by atoms with Crippen LogP contribution in [0.1, 0.15) is 19.8 Å². The number of para-hydroxylation sites is 1. The van der Waals surface area contributed by atoms with Crippen LogP contribution in [0.25, 0.3) is 10.9 Å². The van der Waals surface area contributed by atoms with E-state index < -0.39 is 11.2 Å². The van der Waals surface area contributed by atoms with Crippen LogP contribution in [0, 0.1) is 0 Å². The summed E-state index contributed by atoms with van der Waals surface area (Å²) in [6.07, 6.45) is 1.88. The van der Waals surface area contributed by atoms with Crippen molar-refractivity contribution in [3.05, 3.63) is 45.1 Å². The van der Waals surface area contributed by atoms with E-state index in [2.05, 4.69) is 15.6 Å². The minimum Gasteiger partial charge on any atom is -0.350 e. The van der Waals surface area contributed by atoms with Crippen molar-refractivity contribution in [1.29, 1.82) is 0 Å². The highest BCUT2D eigenvalue weighted by molar-refractivity contribution is 5.85. The first-order valence-electron chi connectivity index (χ1n) is 7.81. The minimum absolute atomic E-state index is 0. The first-order chi connectivity index (χ1) is 11.1. The molecule has 2 unspecified atom stereocenters. The molecule has 1 aliphatic heterocycles. The summed E-state index contributed by atoms with van der Waals surface area (Å²) in [7, 11) is 0. The number of benzene rings is 1. The summed E-state index contributed by atoms with van der Waals surface area (Å²) in [4.78, 5) is 39.3. The van der Waals surface area contributed by atoms with E-state index in [9.17, 15) is 14.4 Å². The second-order valence-electron chi connectivity index (χ2n) is 5.93. The summed E-state index contributed by atoms with van der Waals surface area (Å²) in [6, 6.07) is 6.96. The third-order valence-electron chi connectivity index (χ3n) is 4.30. The van der Waals surface area contributed by atoms with Crippen molar-refractivity contribution in [3.8, 4) is 0 Å². The maximum absolute atomic E-state index is 12.4. The van der Waals surface area contributed by atoms with Gasteiger partial charge in [0, 0.05) is 12.1 Å². The van der Waals surface area contributed by atoms with Gasteiger partial charge in [0.25, 0.3) is 5.56 Å². The molecule has 0 saturated carbocycles. The lowest BCUT2D eigenvalue weighted by atomic mass is 10.00. The predicted molar refractivity (Wildman–Crippen MR) is 94.7 cm³/mol. The number of carbonyl (C=O) groups is 1. The molecule has 0 aliphatic carbocycles. The van der Waals surface area contributed by atoms with E-state index in [0.717, 1.165) is 24.0 Å². The molecule has 1 aromatic carbocycles. The van der Waals surface area contributed by atoms with Crippen molar-refractivity contribution in [2.45, 2.75) is 38.4 Å². The monoisotopic (exact) mass is 352 g/mol. The van der Waals surface area contributed by atoms with E-state index in [1.54, 1.807) is 24.3 Å². The number of fused-ring (bicyclic) bond motifs is 1. The van der Waals surface area contributed by atoms with Gasteiger partial charge < -0.3 is 15.6 Å². The Morgan fingerprint density at radius 3 is 2.83 bits per heavy atom. The summed E-state index contributed by atoms with van der Waals surface area (Å²) in [5.74, 6) is -0.326. The predicted octanol–water partition coefficient (Wildman–Crippen LogP) is 0.368. The summed E-state index contributed by atoms with van der Waals surface area (Å²) in [6.45, 7) is 2.68. The average molecular weight is 353 g/mol. The molecule has 8 heteroatoms. The van der Waals surface area contributed by atoms with Gasteiger partial charge in [-0.05, 0) is 38.4 Å². The Morgan fingerprint density at radius 2 is 2.08 bits per heavy atom. The first-order valence-corrected chi connectivity index (χ1v) is 7.81. The van der Waals surface area contributed by atoms with Gasteiger partial charge in [-0.2, -0.15) is 0 Å². The fourth-order valence-corrected chi connectivity index (χ4v) is 2.98. The first kappa shape index (κ1) is 18.2. The van der Waals surface area contributed by atoms with Gasteiger partial charge in [-0.25, -0.2) is 4.79 Å². The lowest BCUT2D eigenvalue weighted by Crippen LogP contribution is -2.53. The Kier molecular flexibility index (Phi) is 5.80. The molecule has 24 heavy (non-hydrogen) atoms. The molecule has 1 aromatic heterocycles. The van der Waals surface area contributed by atoms with Gasteiger partial charge in [-0.1, -0.05) is 12.1 Å². The number of halogens is 1. The Hall–Kier alpha value is -2.12. The van der Waals surface area contributed by atoms with Crippen molar-refractivity contribution >= 4 is 29.2 Å². The topological polar surface area (TPSA) is 96.0 Å². The molecule has 3 N–H and O–H groups in total. The van der Waals surface area contributed by atoms with Crippen molar-refractivity contribution in [3.63, 3.8) is 0 Å². The number of nitrogens with zero attached hydrogens (tertiary/aromatic N) is 1. The quantitative estimate of drug-likeness (QED) is 0.743. The smallest absolute Gasteiger partial charge is 0.329 e. The number of aromatic nitrogens is 2. The largest absolute Gasteiger partial charge is 0.350 e. The summed E-state index contributed by atoms with van der Waals surface area (Å²) >= 11 is 0. The minimum atomic E-state index is -0.571. The molecule has 0 radical (unpaired) electrons. The number of carbonyl (C=O) groups excluding carboxylic acids is 1. The van der Waals surface area contributed by atoms with Crippen LogP contribution in [-0.4, -0.2) is 34.1 Å². The number of hydrogen-bond acceptors (Lipinski definition) is 4. The molecule has 1 aliphatic rings. The molecular weight excluding hydrogens is 332 g/mol. The highest BCUT2D eigenvalue weighted by Crippen LogP contribution is 2.08. The van der Waals surface area contributed by atoms with Gasteiger partial charge in [0.1, 0.15) is 6.54 Å². The molecule has 1 amide bonds. The Bertz CT molecular complexity index is 845. The lowest BCUT2D eigenvalue weighted by molar-refractivity contribution is -0.122. The van der Waals surface area contributed by atoms with Crippen molar-refractivity contribution < 1.29 is 4.79 Å². The molecule has 1 saturated heterocycles. The van der Waals surface area contributed by atoms with Crippen LogP contribution in [0.4, 0.5) is 0 Å². The van der Waals surface area contributed by atoms with E-state index in [4.69, 9.17) is 0 Å². The number of H-pyrrole nitrogens is 1. The molecule has 130 valence electrons. The van der Waals surface area contributed by atoms with Gasteiger partial charge in [0.05, 0.1) is 10.9 Å². The molecule has 0 spiro atoms. The Balaban J connectivity index is 0.00000208. The summed E-state index contributed by atoms with van der Waals surface area (Å²) in [5.41, 5.74) is -0.544. The Morgan fingerprint density at radius 1 is 1.33 bits per heavy atom. The van der Waals surface area contributed by atoms with E-state index in [0.29, 0.717) is 10.9 Å². The van der Waals surface area contributed by atoms with Crippen molar-refractivity contribution in [2.75, 3.05) is 6.54 Å². The third-order valence-corrected chi connectivity index (χ3v) is 4.30. The van der Waals surface area contributed by atoms with Gasteiger partial charge in [-0.3, -0.25) is 14.2 Å². The van der Waals surface area contributed by atoms with Gasteiger partial charge in [0.2, 0.25) is 5.91 Å². The standard InChI is InChI=1S/C16H20N4O3.ClH/c1-10-12(7-4-8-17-10)18-14(21)9-20-15(22)11-5-2-3-6-13(11)19-16(20)23;/h2-3,5-6,10,12,17H,4,7-9H2,1H3,(H,18,21)(H,19,23);1H. The van der Waals surface area contributed by atoms with Crippen LogP contribution >= 0.6 is 12.4 Å². The number of aromatic amines is 1. The van der Waals surface area contributed by atoms with Crippen LogP contribution < -0.4 is 21.9 Å². The second kappa shape index (κ2) is 7.63. The zero-order valence-corrected chi connectivity index (χ0v) is 14.2. The highest BCUT2D eigenvalue weighted by atomic mass is 35.5. The maximum atomic E-state index is 12.4.